The summed E-state index contributed by atoms with van der Waals surface area (Å²) in [6.45, 7) is 8.01. The molecule has 1 aliphatic carbocycles. The summed E-state index contributed by atoms with van der Waals surface area (Å²) in [7, 11) is 0. The molecule has 3 N–H and O–H groups in total. The Balaban J connectivity index is 1.31. The fourth-order valence-corrected chi connectivity index (χ4v) is 5.73. The summed E-state index contributed by atoms with van der Waals surface area (Å²) in [5.74, 6) is -2.74. The number of hydrogen-bond acceptors (Lipinski definition) is 10. The van der Waals surface area contributed by atoms with Gasteiger partial charge in [0.1, 0.15) is 28.1 Å². The van der Waals surface area contributed by atoms with Gasteiger partial charge in [-0.15, -0.1) is 11.3 Å². The number of thiazole rings is 1. The van der Waals surface area contributed by atoms with Gasteiger partial charge in [0.25, 0.3) is 5.91 Å². The Morgan fingerprint density at radius 2 is 1.89 bits per heavy atom. The zero-order valence-electron chi connectivity index (χ0n) is 25.5. The van der Waals surface area contributed by atoms with Crippen LogP contribution in [0.3, 0.4) is 0 Å². The number of ether oxygens (including phenoxy) is 2. The molecule has 0 bridgehead atoms. The van der Waals surface area contributed by atoms with Gasteiger partial charge in [-0.05, 0) is 50.2 Å². The van der Waals surface area contributed by atoms with Crippen molar-refractivity contribution in [1.29, 1.82) is 0 Å². The molecule has 45 heavy (non-hydrogen) atoms. The maximum atomic E-state index is 14.8. The third-order valence-electron chi connectivity index (χ3n) is 7.58. The predicted molar refractivity (Wildman–Crippen MR) is 163 cm³/mol. The second-order valence-electron chi connectivity index (χ2n) is 11.9. The molecule has 0 aromatic carbocycles. The first-order valence-corrected chi connectivity index (χ1v) is 15.6. The number of carbonyl (C=O) groups is 2. The predicted octanol–water partition coefficient (Wildman–Crippen LogP) is 5.19. The van der Waals surface area contributed by atoms with Crippen LogP contribution in [-0.2, 0) is 21.0 Å². The Hall–Kier alpha value is -4.08. The molecule has 1 unspecified atom stereocenters. The number of rotatable bonds is 10. The van der Waals surface area contributed by atoms with Crippen LogP contribution in [-0.4, -0.2) is 60.2 Å². The van der Waals surface area contributed by atoms with Crippen LogP contribution in [0.15, 0.2) is 36.1 Å². The monoisotopic (exact) mass is 642 g/mol. The molecule has 0 saturated heterocycles. The second kappa shape index (κ2) is 13.5. The fraction of sp³-hybridized carbons (Fsp3) is 0.467. The Labute approximate surface area is 263 Å². The Kier molecular flexibility index (Phi) is 9.70. The highest BCUT2D eigenvalue weighted by Crippen LogP contribution is 2.35. The quantitative estimate of drug-likeness (QED) is 0.176. The highest BCUT2D eigenvalue weighted by Gasteiger charge is 2.29. The minimum absolute atomic E-state index is 0.00591. The van der Waals surface area contributed by atoms with Crippen molar-refractivity contribution in [2.75, 3.05) is 11.9 Å². The lowest BCUT2D eigenvalue weighted by Gasteiger charge is -2.28. The van der Waals surface area contributed by atoms with Crippen molar-refractivity contribution >= 4 is 28.9 Å². The minimum Gasteiger partial charge on any atom is -0.441 e. The van der Waals surface area contributed by atoms with Crippen LogP contribution in [0.1, 0.15) is 69.9 Å². The molecule has 240 valence electrons. The van der Waals surface area contributed by atoms with Gasteiger partial charge in [-0.3, -0.25) is 14.3 Å². The summed E-state index contributed by atoms with van der Waals surface area (Å²) in [4.78, 5) is 33.7. The highest BCUT2D eigenvalue weighted by atomic mass is 32.1. The van der Waals surface area contributed by atoms with E-state index in [2.05, 4.69) is 25.5 Å². The number of amides is 1. The van der Waals surface area contributed by atoms with Crippen LogP contribution in [0, 0.1) is 17.2 Å². The van der Waals surface area contributed by atoms with Crippen LogP contribution in [0.4, 0.5) is 14.5 Å². The zero-order chi connectivity index (χ0) is 32.3. The van der Waals surface area contributed by atoms with Crippen molar-refractivity contribution in [2.45, 2.75) is 78.3 Å². The maximum Gasteiger partial charge on any atom is 0.325 e. The van der Waals surface area contributed by atoms with Gasteiger partial charge in [0.2, 0.25) is 5.95 Å². The van der Waals surface area contributed by atoms with E-state index in [1.165, 1.54) is 16.0 Å². The number of anilines is 1. The van der Waals surface area contributed by atoms with Crippen molar-refractivity contribution in [1.82, 2.24) is 29.5 Å². The van der Waals surface area contributed by atoms with Gasteiger partial charge >= 0.3 is 5.97 Å². The van der Waals surface area contributed by atoms with E-state index in [1.807, 2.05) is 27.7 Å². The molecule has 4 aromatic rings. The number of pyridine rings is 1. The normalized spacial score (nSPS) is 17.7. The molecule has 5 rings (SSSR count). The van der Waals surface area contributed by atoms with Crippen molar-refractivity contribution in [3.8, 4) is 22.0 Å². The Bertz CT molecular complexity index is 1660. The molecule has 0 radical (unpaired) electrons. The summed E-state index contributed by atoms with van der Waals surface area (Å²) in [6, 6.07) is 1.10. The number of esters is 1. The van der Waals surface area contributed by atoms with Gasteiger partial charge in [-0.25, -0.2) is 19.0 Å². The van der Waals surface area contributed by atoms with E-state index in [1.54, 1.807) is 28.7 Å². The number of hydrogen-bond donors (Lipinski definition) is 2. The van der Waals surface area contributed by atoms with Crippen molar-refractivity contribution in [3.63, 3.8) is 0 Å². The minimum atomic E-state index is -0.869. The summed E-state index contributed by atoms with van der Waals surface area (Å²) in [6.07, 6.45) is 8.22. The first kappa shape index (κ1) is 32.3. The van der Waals surface area contributed by atoms with Crippen molar-refractivity contribution < 1.29 is 27.8 Å². The van der Waals surface area contributed by atoms with Gasteiger partial charge in [0, 0.05) is 29.9 Å². The van der Waals surface area contributed by atoms with E-state index in [4.69, 9.17) is 15.2 Å². The molecule has 15 heteroatoms. The van der Waals surface area contributed by atoms with Crippen molar-refractivity contribution in [3.05, 3.63) is 53.6 Å². The van der Waals surface area contributed by atoms with Crippen molar-refractivity contribution in [2.24, 2.45) is 11.1 Å². The summed E-state index contributed by atoms with van der Waals surface area (Å²) >= 11 is 1.22. The molecule has 4 heterocycles. The summed E-state index contributed by atoms with van der Waals surface area (Å²) in [5, 5.41) is 13.6. The fourth-order valence-electron chi connectivity index (χ4n) is 4.96. The van der Waals surface area contributed by atoms with E-state index < -0.39 is 35.1 Å². The van der Waals surface area contributed by atoms with Crippen LogP contribution in [0.25, 0.3) is 22.0 Å². The van der Waals surface area contributed by atoms with E-state index in [0.29, 0.717) is 17.2 Å². The molecule has 0 aliphatic heterocycles. The average molecular weight is 643 g/mol. The molecular weight excluding hydrogens is 606 g/mol. The topological polar surface area (TPSA) is 152 Å². The molecular formula is C30H36F2N8O4S. The first-order chi connectivity index (χ1) is 21.4. The van der Waals surface area contributed by atoms with E-state index in [0.717, 1.165) is 37.8 Å². The third-order valence-corrected chi connectivity index (χ3v) is 8.47. The number of nitrogens with zero attached hydrogens (tertiary/aromatic N) is 6. The molecule has 1 fully saturated rings. The van der Waals surface area contributed by atoms with Crippen LogP contribution in [0.2, 0.25) is 0 Å². The molecule has 1 amide bonds. The number of halogens is 2. The molecule has 4 aromatic heterocycles. The largest absolute Gasteiger partial charge is 0.441 e. The summed E-state index contributed by atoms with van der Waals surface area (Å²) in [5.41, 5.74) is 6.11. The maximum absolute atomic E-state index is 14.8. The summed E-state index contributed by atoms with van der Waals surface area (Å²) < 4.78 is 43.0. The van der Waals surface area contributed by atoms with E-state index in [9.17, 15) is 18.4 Å². The molecule has 1 aliphatic rings. The molecule has 12 nitrogen and oxygen atoms in total. The van der Waals surface area contributed by atoms with Gasteiger partial charge in [-0.1, -0.05) is 20.8 Å². The Morgan fingerprint density at radius 1 is 1.13 bits per heavy atom. The standard InChI is InChI=1S/C30H36F2N8O4S/c1-5-43-19-8-6-18(7-9-19)40-14-21(25(38-40)24-20(31)10-11-23(32)37-24)35-27(41)22-15-45-28(36-22)17-12-34-39(13-17)16-44-29(42)26(33)30(2,3)4/h10-15,18-19,26H,5-9,16,33H2,1-4H3,(H,35,41). The third kappa shape index (κ3) is 7.60. The zero-order valence-corrected chi connectivity index (χ0v) is 26.3. The number of carbonyl (C=O) groups excluding carboxylic acids is 2. The second-order valence-corrected chi connectivity index (χ2v) is 12.8. The van der Waals surface area contributed by atoms with Gasteiger partial charge < -0.3 is 20.5 Å². The van der Waals surface area contributed by atoms with E-state index in [-0.39, 0.29) is 41.6 Å². The molecule has 1 atom stereocenters. The lowest BCUT2D eigenvalue weighted by molar-refractivity contribution is -0.152. The smallest absolute Gasteiger partial charge is 0.325 e. The van der Waals surface area contributed by atoms with Crippen LogP contribution >= 0.6 is 11.3 Å². The molecule has 0 spiro atoms. The first-order valence-electron chi connectivity index (χ1n) is 14.7. The SMILES string of the molecule is CCOC1CCC(n2cc(NC(=O)c3csc(-c4cnn(COC(=O)C(N)C(C)(C)C)c4)n3)c(-c3nc(F)ccc3F)n2)CC1. The van der Waals surface area contributed by atoms with Gasteiger partial charge in [0.15, 0.2) is 12.5 Å². The van der Waals surface area contributed by atoms with Gasteiger partial charge in [-0.2, -0.15) is 14.6 Å². The van der Waals surface area contributed by atoms with E-state index >= 15 is 0 Å². The average Bonchev–Trinajstić information content (AvgIpc) is 3.77. The highest BCUT2D eigenvalue weighted by molar-refractivity contribution is 7.13. The number of nitrogens with two attached hydrogens (primary N) is 1. The Morgan fingerprint density at radius 3 is 2.60 bits per heavy atom. The van der Waals surface area contributed by atoms with Crippen LogP contribution < -0.4 is 11.1 Å². The van der Waals surface area contributed by atoms with Gasteiger partial charge in [0.05, 0.1) is 24.0 Å². The number of nitrogens with one attached hydrogen (secondary N) is 1. The van der Waals surface area contributed by atoms with Crippen LogP contribution in [0.5, 0.6) is 0 Å². The lowest BCUT2D eigenvalue weighted by atomic mass is 9.87. The lowest BCUT2D eigenvalue weighted by Crippen LogP contribution is -2.43. The molecule has 1 saturated carbocycles. The number of aromatic nitrogens is 6.